The number of furan rings is 1. The minimum atomic E-state index is 0.631. The molecule has 10 aromatic rings. The van der Waals surface area contributed by atoms with Crippen molar-refractivity contribution in [1.29, 1.82) is 0 Å². The minimum absolute atomic E-state index is 0.631. The summed E-state index contributed by atoms with van der Waals surface area (Å²) in [6.07, 6.45) is 5.74. The highest BCUT2D eigenvalue weighted by Crippen LogP contribution is 2.38. The van der Waals surface area contributed by atoms with Crippen molar-refractivity contribution in [2.75, 3.05) is 0 Å². The average molecular weight is 818 g/mol. The van der Waals surface area contributed by atoms with Crippen LogP contribution in [0.3, 0.4) is 0 Å². The van der Waals surface area contributed by atoms with Gasteiger partial charge in [0.2, 0.25) is 0 Å². The Morgan fingerprint density at radius 1 is 0.403 bits per heavy atom. The monoisotopic (exact) mass is 817 g/mol. The number of hydrogen-bond donors (Lipinski definition) is 0. The second-order valence-corrected chi connectivity index (χ2v) is 16.7. The Morgan fingerprint density at radius 3 is 1.66 bits per heavy atom. The third-order valence-corrected chi connectivity index (χ3v) is 12.6. The van der Waals surface area contributed by atoms with E-state index < -0.39 is 0 Å². The van der Waals surface area contributed by atoms with Gasteiger partial charge in [-0.05, 0) is 151 Å². The summed E-state index contributed by atoms with van der Waals surface area (Å²) in [4.78, 5) is 15.0. The molecule has 0 aliphatic carbocycles. The van der Waals surface area contributed by atoms with Gasteiger partial charge in [0.05, 0.1) is 0 Å². The molecule has 298 valence electrons. The molecule has 0 saturated heterocycles. The number of nitrogens with zero attached hydrogens (tertiary/aromatic N) is 3. The third-order valence-electron chi connectivity index (χ3n) is 12.1. The molecule has 2 heterocycles. The summed E-state index contributed by atoms with van der Waals surface area (Å²) < 4.78 is 6.33. The molecular weight excluding hydrogens is 774 g/mol. The molecule has 0 bridgehead atoms. The number of para-hydroxylation sites is 1. The Morgan fingerprint density at radius 2 is 0.935 bits per heavy atom. The second kappa shape index (κ2) is 16.7. The summed E-state index contributed by atoms with van der Waals surface area (Å²) in [5.74, 6) is 1.28. The fourth-order valence-electron chi connectivity index (χ4n) is 8.72. The molecular formula is C57H44N3OP. The van der Waals surface area contributed by atoms with E-state index >= 15 is 0 Å². The first kappa shape index (κ1) is 38.9. The molecule has 0 aliphatic heterocycles. The van der Waals surface area contributed by atoms with E-state index in [2.05, 4.69) is 161 Å². The first-order chi connectivity index (χ1) is 30.4. The first-order valence-electron chi connectivity index (χ1n) is 21.1. The smallest absolute Gasteiger partial charge is 0.182 e. The number of rotatable bonds is 10. The maximum absolute atomic E-state index is 6.33. The average Bonchev–Trinajstić information content (AvgIpc) is 3.69. The highest BCUT2D eigenvalue weighted by Gasteiger charge is 2.18. The molecule has 8 aromatic carbocycles. The lowest BCUT2D eigenvalue weighted by atomic mass is 9.86. The van der Waals surface area contributed by atoms with Crippen molar-refractivity contribution in [3.05, 3.63) is 204 Å². The van der Waals surface area contributed by atoms with E-state index in [1.165, 1.54) is 55.6 Å². The molecule has 0 spiro atoms. The SMILES string of the molecule is C=Pc1nc(-c2ccccc2)nc(-c2cc(-c3ccc4c(c3)oc3ccccc34)ccc2CCc2ccc(-c3ccccc3C)cc2-c2cc(-c3ccccc3C)ccc2C)n1. The number of aromatic nitrogens is 3. The van der Waals surface area contributed by atoms with Crippen molar-refractivity contribution in [2.45, 2.75) is 33.6 Å². The van der Waals surface area contributed by atoms with Crippen LogP contribution in [0.15, 0.2) is 180 Å². The molecule has 62 heavy (non-hydrogen) atoms. The molecule has 5 heteroatoms. The van der Waals surface area contributed by atoms with Crippen molar-refractivity contribution >= 4 is 42.0 Å². The van der Waals surface area contributed by atoms with Gasteiger partial charge in [-0.3, -0.25) is 0 Å². The third kappa shape index (κ3) is 7.55. The molecule has 4 nitrogen and oxygen atoms in total. The molecule has 0 amide bonds. The molecule has 0 fully saturated rings. The van der Waals surface area contributed by atoms with Crippen LogP contribution in [-0.4, -0.2) is 21.3 Å². The van der Waals surface area contributed by atoms with E-state index in [0.29, 0.717) is 17.2 Å². The van der Waals surface area contributed by atoms with Gasteiger partial charge in [-0.25, -0.2) is 15.0 Å². The van der Waals surface area contributed by atoms with Gasteiger partial charge in [0.1, 0.15) is 11.2 Å². The standard InChI is InChI=1S/C57H44N3OP/c1-36-14-8-10-18-46(36)44-23-22-38(3)50(33-44)51-34-45(47-19-11-9-15-37(47)2)29-27-39(51)24-25-40-26-28-42(43-30-31-49-48-20-12-13-21-53(48)61-54(49)35-43)32-52(40)56-58-55(59-57(60-56)62-4)41-16-6-5-7-17-41/h5-23,26-35H,4,24-25H2,1-3H3. The van der Waals surface area contributed by atoms with Crippen LogP contribution in [0.4, 0.5) is 0 Å². The van der Waals surface area contributed by atoms with Crippen molar-refractivity contribution in [1.82, 2.24) is 15.0 Å². The number of benzene rings is 8. The number of aryl methyl sites for hydroxylation is 5. The lowest BCUT2D eigenvalue weighted by Gasteiger charge is -2.18. The molecule has 0 aliphatic rings. The zero-order chi connectivity index (χ0) is 42.2. The predicted molar refractivity (Wildman–Crippen MR) is 261 cm³/mol. The lowest BCUT2D eigenvalue weighted by molar-refractivity contribution is 0.669. The quantitative estimate of drug-likeness (QED) is 0.129. The van der Waals surface area contributed by atoms with Crippen LogP contribution in [0.5, 0.6) is 0 Å². The summed E-state index contributed by atoms with van der Waals surface area (Å²) in [5.41, 5.74) is 20.1. The summed E-state index contributed by atoms with van der Waals surface area (Å²) in [6, 6.07) is 62.8. The molecule has 2 aromatic heterocycles. The molecule has 10 rings (SSSR count). The Hall–Kier alpha value is -7.26. The van der Waals surface area contributed by atoms with Gasteiger partial charge in [0, 0.05) is 21.9 Å². The Bertz CT molecular complexity index is 3310. The van der Waals surface area contributed by atoms with Crippen molar-refractivity contribution in [3.8, 4) is 67.3 Å². The normalized spacial score (nSPS) is 11.5. The summed E-state index contributed by atoms with van der Waals surface area (Å²) in [5, 5.41) is 2.22. The molecule has 0 radical (unpaired) electrons. The van der Waals surface area contributed by atoms with Gasteiger partial charge >= 0.3 is 0 Å². The number of hydrogen-bond acceptors (Lipinski definition) is 4. The predicted octanol–water partition coefficient (Wildman–Crippen LogP) is 14.5. The Labute approximate surface area is 364 Å². The van der Waals surface area contributed by atoms with Gasteiger partial charge in [-0.2, -0.15) is 0 Å². The zero-order valence-corrected chi connectivity index (χ0v) is 36.0. The van der Waals surface area contributed by atoms with Crippen LogP contribution in [0.2, 0.25) is 0 Å². The van der Waals surface area contributed by atoms with Crippen LogP contribution in [0, 0.1) is 20.8 Å². The first-order valence-corrected chi connectivity index (χ1v) is 22.2. The maximum atomic E-state index is 6.33. The van der Waals surface area contributed by atoms with E-state index in [-0.39, 0.29) is 0 Å². The topological polar surface area (TPSA) is 51.8 Å². The molecule has 0 saturated carbocycles. The largest absolute Gasteiger partial charge is 0.456 e. The van der Waals surface area contributed by atoms with Crippen LogP contribution in [-0.2, 0) is 12.8 Å². The lowest BCUT2D eigenvalue weighted by Crippen LogP contribution is -2.11. The summed E-state index contributed by atoms with van der Waals surface area (Å²) in [6.45, 7) is 6.61. The molecule has 0 unspecified atom stereocenters. The van der Waals surface area contributed by atoms with E-state index in [1.54, 1.807) is 0 Å². The van der Waals surface area contributed by atoms with Crippen molar-refractivity contribution in [2.24, 2.45) is 0 Å². The minimum Gasteiger partial charge on any atom is -0.456 e. The fourth-order valence-corrected chi connectivity index (χ4v) is 9.05. The Kier molecular flexibility index (Phi) is 10.5. The summed E-state index contributed by atoms with van der Waals surface area (Å²) in [7, 11) is 0.727. The van der Waals surface area contributed by atoms with E-state index in [9.17, 15) is 0 Å². The van der Waals surface area contributed by atoms with Crippen LogP contribution in [0.25, 0.3) is 89.2 Å². The molecule has 0 atom stereocenters. The van der Waals surface area contributed by atoms with Gasteiger partial charge < -0.3 is 4.42 Å². The van der Waals surface area contributed by atoms with Crippen LogP contribution >= 0.6 is 8.20 Å². The highest BCUT2D eigenvalue weighted by atomic mass is 31.1. The fraction of sp³-hybridized carbons (Fsp3) is 0.0877. The van der Waals surface area contributed by atoms with Crippen LogP contribution < -0.4 is 5.57 Å². The zero-order valence-electron chi connectivity index (χ0n) is 35.1. The van der Waals surface area contributed by atoms with Crippen molar-refractivity contribution in [3.63, 3.8) is 0 Å². The molecule has 0 N–H and O–H groups in total. The highest BCUT2D eigenvalue weighted by molar-refractivity contribution is 7.44. The van der Waals surface area contributed by atoms with Gasteiger partial charge in [-0.15, -0.1) is 0 Å². The van der Waals surface area contributed by atoms with Gasteiger partial charge in [-0.1, -0.05) is 146 Å². The maximum Gasteiger partial charge on any atom is 0.182 e. The van der Waals surface area contributed by atoms with E-state index in [1.807, 2.05) is 42.5 Å². The van der Waals surface area contributed by atoms with Gasteiger partial charge in [0.25, 0.3) is 0 Å². The van der Waals surface area contributed by atoms with Crippen molar-refractivity contribution < 1.29 is 4.42 Å². The Balaban J connectivity index is 1.10. The van der Waals surface area contributed by atoms with E-state index in [4.69, 9.17) is 19.4 Å². The summed E-state index contributed by atoms with van der Waals surface area (Å²) >= 11 is 0. The second-order valence-electron chi connectivity index (χ2n) is 16.0. The van der Waals surface area contributed by atoms with E-state index in [0.717, 1.165) is 70.8 Å². The number of fused-ring (bicyclic) bond motifs is 3. The van der Waals surface area contributed by atoms with Crippen LogP contribution in [0.1, 0.15) is 27.8 Å². The van der Waals surface area contributed by atoms with Gasteiger partial charge in [0.15, 0.2) is 17.2 Å².